The van der Waals surface area contributed by atoms with Crippen LogP contribution in [0.1, 0.15) is 31.7 Å². The molecule has 6 nitrogen and oxygen atoms in total. The molecule has 1 aliphatic rings. The lowest BCUT2D eigenvalue weighted by molar-refractivity contribution is -0.133. The van der Waals surface area contributed by atoms with Gasteiger partial charge in [-0.05, 0) is 12.8 Å². The fraction of sp³-hybridized carbons (Fsp3) is 0.727. The quantitative estimate of drug-likeness (QED) is 0.820. The molecule has 0 bridgehead atoms. The number of nitrogens with zero attached hydrogens (tertiary/aromatic N) is 4. The van der Waals surface area contributed by atoms with Crippen molar-refractivity contribution in [2.75, 3.05) is 24.7 Å². The summed E-state index contributed by atoms with van der Waals surface area (Å²) >= 11 is 1.24. The highest BCUT2D eigenvalue weighted by Crippen LogP contribution is 2.35. The molecule has 1 saturated carbocycles. The van der Waals surface area contributed by atoms with E-state index in [2.05, 4.69) is 14.8 Å². The van der Waals surface area contributed by atoms with Gasteiger partial charge in [0.25, 0.3) is 0 Å². The van der Waals surface area contributed by atoms with E-state index in [-0.39, 0.29) is 5.75 Å². The molecule has 0 saturated heterocycles. The third-order valence-electron chi connectivity index (χ3n) is 3.06. The number of rotatable bonds is 5. The topological polar surface area (TPSA) is 71.2 Å². The lowest BCUT2D eigenvalue weighted by Crippen LogP contribution is -2.18. The first kappa shape index (κ1) is 13.2. The van der Waals surface area contributed by atoms with Crippen molar-refractivity contribution in [1.29, 1.82) is 0 Å². The summed E-state index contributed by atoms with van der Waals surface area (Å²) in [5.41, 5.74) is 0. The summed E-state index contributed by atoms with van der Waals surface area (Å²) in [6.45, 7) is 0. The SMILES string of the molecule is CN(C)c1nnc(SCC(=O)O)n1C1CCCC1. The van der Waals surface area contributed by atoms with Gasteiger partial charge in [0.2, 0.25) is 5.95 Å². The zero-order chi connectivity index (χ0) is 13.1. The van der Waals surface area contributed by atoms with Crippen LogP contribution in [0.5, 0.6) is 0 Å². The molecule has 0 atom stereocenters. The Morgan fingerprint density at radius 2 is 2.11 bits per heavy atom. The smallest absolute Gasteiger partial charge is 0.313 e. The molecule has 1 aromatic rings. The van der Waals surface area contributed by atoms with E-state index >= 15 is 0 Å². The number of carbonyl (C=O) groups is 1. The molecule has 1 aliphatic carbocycles. The molecule has 0 aliphatic heterocycles. The van der Waals surface area contributed by atoms with Crippen LogP contribution in [0, 0.1) is 0 Å². The highest BCUT2D eigenvalue weighted by molar-refractivity contribution is 7.99. The van der Waals surface area contributed by atoms with Gasteiger partial charge in [-0.25, -0.2) is 0 Å². The minimum atomic E-state index is -0.827. The van der Waals surface area contributed by atoms with Gasteiger partial charge in [-0.3, -0.25) is 9.36 Å². The van der Waals surface area contributed by atoms with E-state index in [9.17, 15) is 4.79 Å². The van der Waals surface area contributed by atoms with E-state index in [0.717, 1.165) is 18.8 Å². The highest BCUT2D eigenvalue weighted by atomic mass is 32.2. The number of anilines is 1. The van der Waals surface area contributed by atoms with E-state index in [0.29, 0.717) is 11.2 Å². The molecule has 100 valence electrons. The average molecular weight is 270 g/mol. The second-order valence-electron chi connectivity index (χ2n) is 4.67. The second kappa shape index (κ2) is 5.60. The Morgan fingerprint density at radius 1 is 1.44 bits per heavy atom. The van der Waals surface area contributed by atoms with E-state index in [1.54, 1.807) is 0 Å². The summed E-state index contributed by atoms with van der Waals surface area (Å²) in [5.74, 6) is 0.0142. The predicted molar refractivity (Wildman–Crippen MR) is 70.2 cm³/mol. The number of carboxylic acid groups (broad SMARTS) is 1. The summed E-state index contributed by atoms with van der Waals surface area (Å²) in [7, 11) is 3.86. The number of carboxylic acids is 1. The minimum absolute atomic E-state index is 0.0261. The standard InChI is InChI=1S/C11H18N4O2S/c1-14(2)10-12-13-11(18-7-9(16)17)15(10)8-5-3-4-6-8/h8H,3-7H2,1-2H3,(H,16,17). The summed E-state index contributed by atoms with van der Waals surface area (Å²) < 4.78 is 2.10. The molecule has 2 rings (SSSR count). The Bertz CT molecular complexity index is 427. The summed E-state index contributed by atoms with van der Waals surface area (Å²) in [6, 6.07) is 0.411. The van der Waals surface area contributed by atoms with Crippen LogP contribution >= 0.6 is 11.8 Å². The maximum absolute atomic E-state index is 10.7. The molecular formula is C11H18N4O2S. The Morgan fingerprint density at radius 3 is 2.67 bits per heavy atom. The van der Waals surface area contributed by atoms with Crippen molar-refractivity contribution in [1.82, 2.24) is 14.8 Å². The van der Waals surface area contributed by atoms with Gasteiger partial charge >= 0.3 is 5.97 Å². The largest absolute Gasteiger partial charge is 0.481 e. The van der Waals surface area contributed by atoms with Crippen LogP contribution in [0.15, 0.2) is 5.16 Å². The molecule has 0 amide bonds. The molecule has 1 heterocycles. The molecule has 0 aromatic carbocycles. The maximum Gasteiger partial charge on any atom is 0.313 e. The van der Waals surface area contributed by atoms with Crippen LogP contribution in [-0.2, 0) is 4.79 Å². The van der Waals surface area contributed by atoms with E-state index < -0.39 is 5.97 Å². The first-order valence-corrected chi connectivity index (χ1v) is 7.05. The van der Waals surface area contributed by atoms with Crippen molar-refractivity contribution in [2.45, 2.75) is 36.9 Å². The Balaban J connectivity index is 2.25. The molecule has 0 unspecified atom stereocenters. The average Bonchev–Trinajstić information content (AvgIpc) is 2.94. The summed E-state index contributed by atoms with van der Waals surface area (Å²) in [5, 5.41) is 17.8. The first-order valence-electron chi connectivity index (χ1n) is 6.06. The maximum atomic E-state index is 10.7. The van der Waals surface area contributed by atoms with Crippen LogP contribution in [-0.4, -0.2) is 45.7 Å². The molecule has 1 N–H and O–H groups in total. The Kier molecular flexibility index (Phi) is 4.11. The number of aromatic nitrogens is 3. The van der Waals surface area contributed by atoms with Crippen LogP contribution in [0.3, 0.4) is 0 Å². The molecule has 7 heteroatoms. The molecule has 1 fully saturated rings. The Hall–Kier alpha value is -1.24. The lowest BCUT2D eigenvalue weighted by atomic mass is 10.2. The second-order valence-corrected chi connectivity index (χ2v) is 5.61. The molecule has 0 spiro atoms. The normalized spacial score (nSPS) is 16.1. The van der Waals surface area contributed by atoms with Gasteiger partial charge in [0.05, 0.1) is 5.75 Å². The van der Waals surface area contributed by atoms with Crippen LogP contribution < -0.4 is 4.90 Å². The minimum Gasteiger partial charge on any atom is -0.481 e. The Labute approximate surface area is 110 Å². The summed E-state index contributed by atoms with van der Waals surface area (Å²) in [4.78, 5) is 12.6. The fourth-order valence-electron chi connectivity index (χ4n) is 2.28. The van der Waals surface area contributed by atoms with Gasteiger partial charge in [-0.15, -0.1) is 10.2 Å². The van der Waals surface area contributed by atoms with Crippen molar-refractivity contribution in [3.05, 3.63) is 0 Å². The van der Waals surface area contributed by atoms with Crippen molar-refractivity contribution in [2.24, 2.45) is 0 Å². The third kappa shape index (κ3) is 2.77. The van der Waals surface area contributed by atoms with Crippen LogP contribution in [0.2, 0.25) is 0 Å². The zero-order valence-corrected chi connectivity index (χ0v) is 11.5. The van der Waals surface area contributed by atoms with Crippen LogP contribution in [0.25, 0.3) is 0 Å². The number of thioether (sulfide) groups is 1. The predicted octanol–water partition coefficient (Wildman–Crippen LogP) is 1.64. The molecule has 1 aromatic heterocycles. The first-order chi connectivity index (χ1) is 8.59. The fourth-order valence-corrected chi connectivity index (χ4v) is 3.00. The van der Waals surface area contributed by atoms with Gasteiger partial charge in [0.1, 0.15) is 0 Å². The number of hydrogen-bond acceptors (Lipinski definition) is 5. The zero-order valence-electron chi connectivity index (χ0n) is 10.7. The van der Waals surface area contributed by atoms with Crippen molar-refractivity contribution in [3.63, 3.8) is 0 Å². The third-order valence-corrected chi connectivity index (χ3v) is 3.99. The number of hydrogen-bond donors (Lipinski definition) is 1. The molecule has 18 heavy (non-hydrogen) atoms. The van der Waals surface area contributed by atoms with Crippen LogP contribution in [0.4, 0.5) is 5.95 Å². The van der Waals surface area contributed by atoms with Crippen molar-refractivity contribution >= 4 is 23.7 Å². The molecule has 0 radical (unpaired) electrons. The summed E-state index contributed by atoms with van der Waals surface area (Å²) in [6.07, 6.45) is 4.69. The van der Waals surface area contributed by atoms with Gasteiger partial charge < -0.3 is 10.0 Å². The van der Waals surface area contributed by atoms with Gasteiger partial charge in [0, 0.05) is 20.1 Å². The highest BCUT2D eigenvalue weighted by Gasteiger charge is 2.25. The van der Waals surface area contributed by atoms with E-state index in [1.807, 2.05) is 19.0 Å². The monoisotopic (exact) mass is 270 g/mol. The van der Waals surface area contributed by atoms with Gasteiger partial charge in [0.15, 0.2) is 5.16 Å². The van der Waals surface area contributed by atoms with E-state index in [1.165, 1.54) is 24.6 Å². The number of aliphatic carboxylic acids is 1. The lowest BCUT2D eigenvalue weighted by Gasteiger charge is -2.19. The van der Waals surface area contributed by atoms with Crippen molar-refractivity contribution in [3.8, 4) is 0 Å². The molecular weight excluding hydrogens is 252 g/mol. The van der Waals surface area contributed by atoms with Crippen molar-refractivity contribution < 1.29 is 9.90 Å². The van der Waals surface area contributed by atoms with Gasteiger partial charge in [-0.1, -0.05) is 24.6 Å². The van der Waals surface area contributed by atoms with Gasteiger partial charge in [-0.2, -0.15) is 0 Å². The van der Waals surface area contributed by atoms with E-state index in [4.69, 9.17) is 5.11 Å².